The number of methoxy groups -OCH3 is 1. The van der Waals surface area contributed by atoms with Gasteiger partial charge in [-0.1, -0.05) is 24.4 Å². The number of carbonyl (C=O) groups is 2. The van der Waals surface area contributed by atoms with Crippen molar-refractivity contribution in [2.75, 3.05) is 13.7 Å². The molecule has 1 amide bonds. The van der Waals surface area contributed by atoms with E-state index in [4.69, 9.17) is 21.6 Å². The molecule has 1 aromatic heterocycles. The first kappa shape index (κ1) is 24.4. The Kier molecular flexibility index (Phi) is 7.47. The van der Waals surface area contributed by atoms with Gasteiger partial charge >= 0.3 is 5.97 Å². The number of aryl methyl sites for hydroxylation is 1. The van der Waals surface area contributed by atoms with Gasteiger partial charge in [-0.25, -0.2) is 9.98 Å². The smallest absolute Gasteiger partial charge is 0.307 e. The van der Waals surface area contributed by atoms with Crippen LogP contribution in [0.15, 0.2) is 47.5 Å². The number of nitrogens with zero attached hydrogens (tertiary/aromatic N) is 5. The van der Waals surface area contributed by atoms with E-state index in [-0.39, 0.29) is 29.5 Å². The number of hydrogen-bond donors (Lipinski definition) is 0. The molecule has 0 aliphatic heterocycles. The molecule has 0 saturated heterocycles. The van der Waals surface area contributed by atoms with Crippen LogP contribution in [0, 0.1) is 11.3 Å². The van der Waals surface area contributed by atoms with Crippen LogP contribution in [0.5, 0.6) is 0 Å². The molecule has 0 unspecified atom stereocenters. The fourth-order valence-electron chi connectivity index (χ4n) is 4.44. The molecule has 0 bridgehead atoms. The monoisotopic (exact) mass is 491 g/mol. The normalized spacial score (nSPS) is 14.2. The summed E-state index contributed by atoms with van der Waals surface area (Å²) in [5.41, 5.74) is 3.10. The number of amides is 1. The third-order valence-corrected chi connectivity index (χ3v) is 6.60. The number of nitriles is 1. The Morgan fingerprint density at radius 3 is 2.60 bits per heavy atom. The third kappa shape index (κ3) is 5.36. The molecule has 180 valence electrons. The van der Waals surface area contributed by atoms with E-state index in [1.807, 2.05) is 17.7 Å². The average molecular weight is 492 g/mol. The predicted molar refractivity (Wildman–Crippen MR) is 134 cm³/mol. The maximum atomic E-state index is 13.5. The van der Waals surface area contributed by atoms with E-state index in [2.05, 4.69) is 16.0 Å². The van der Waals surface area contributed by atoms with Gasteiger partial charge in [0.1, 0.15) is 0 Å². The van der Waals surface area contributed by atoms with E-state index in [9.17, 15) is 9.59 Å². The van der Waals surface area contributed by atoms with Crippen LogP contribution in [0.2, 0.25) is 0 Å². The summed E-state index contributed by atoms with van der Waals surface area (Å²) in [6, 6.07) is 14.3. The number of carbonyl (C=O) groups excluding carboxylic acids is 2. The molecule has 35 heavy (non-hydrogen) atoms. The third-order valence-electron chi connectivity index (χ3n) is 6.35. The summed E-state index contributed by atoms with van der Waals surface area (Å²) in [4.78, 5) is 36.0. The van der Waals surface area contributed by atoms with Crippen LogP contribution in [-0.4, -0.2) is 51.2 Å². The van der Waals surface area contributed by atoms with Gasteiger partial charge in [0.05, 0.1) is 41.9 Å². The number of halogens is 1. The highest BCUT2D eigenvalue weighted by Crippen LogP contribution is 2.27. The van der Waals surface area contributed by atoms with Crippen molar-refractivity contribution in [1.82, 2.24) is 14.5 Å². The standard InChI is InChI=1S/C26H26ClN5O3/c1-31-22-12-9-18(26(34)32(14-13-23(33)35-2)20-5-3-4-6-20)15-21(22)30-25(31)24(27)29-19-10-7-17(16-28)8-11-19/h7-12,15,20H,3-6,13-14H2,1-2H3. The zero-order chi connectivity index (χ0) is 24.9. The first-order valence-electron chi connectivity index (χ1n) is 11.5. The molecule has 3 aromatic rings. The number of ether oxygens (including phenoxy) is 1. The molecule has 9 heteroatoms. The number of esters is 1. The van der Waals surface area contributed by atoms with Crippen LogP contribution in [0.1, 0.15) is 53.8 Å². The number of aromatic nitrogens is 2. The lowest BCUT2D eigenvalue weighted by atomic mass is 10.1. The van der Waals surface area contributed by atoms with E-state index < -0.39 is 0 Å². The van der Waals surface area contributed by atoms with Gasteiger partial charge < -0.3 is 14.2 Å². The molecule has 2 aromatic carbocycles. The Balaban J connectivity index is 1.62. The molecule has 0 spiro atoms. The minimum atomic E-state index is -0.332. The highest BCUT2D eigenvalue weighted by Gasteiger charge is 2.28. The molecule has 1 aliphatic rings. The summed E-state index contributed by atoms with van der Waals surface area (Å²) in [7, 11) is 3.19. The molecule has 0 radical (unpaired) electrons. The summed E-state index contributed by atoms with van der Waals surface area (Å²) in [6.45, 7) is 0.324. The second kappa shape index (κ2) is 10.7. The molecule has 0 atom stereocenters. The van der Waals surface area contributed by atoms with Crippen molar-refractivity contribution >= 4 is 45.4 Å². The lowest BCUT2D eigenvalue weighted by molar-refractivity contribution is -0.140. The minimum Gasteiger partial charge on any atom is -0.469 e. The largest absolute Gasteiger partial charge is 0.469 e. The second-order valence-corrected chi connectivity index (χ2v) is 8.88. The Morgan fingerprint density at radius 2 is 1.94 bits per heavy atom. The molecular formula is C26H26ClN5O3. The van der Waals surface area contributed by atoms with Crippen LogP contribution in [0.4, 0.5) is 5.69 Å². The summed E-state index contributed by atoms with van der Waals surface area (Å²) < 4.78 is 6.60. The Labute approximate surface area is 208 Å². The SMILES string of the molecule is COC(=O)CCN(C(=O)c1ccc2c(c1)nc(C(Cl)=Nc1ccc(C#N)cc1)n2C)C1CCCC1. The molecule has 0 N–H and O–H groups in total. The van der Waals surface area contributed by atoms with Crippen molar-refractivity contribution in [3.8, 4) is 6.07 Å². The fourth-order valence-corrected chi connectivity index (χ4v) is 4.70. The predicted octanol–water partition coefficient (Wildman–Crippen LogP) is 4.71. The highest BCUT2D eigenvalue weighted by molar-refractivity contribution is 6.69. The van der Waals surface area contributed by atoms with Crippen molar-refractivity contribution in [3.05, 3.63) is 59.4 Å². The molecule has 8 nitrogen and oxygen atoms in total. The first-order chi connectivity index (χ1) is 16.9. The van der Waals surface area contributed by atoms with Gasteiger partial charge in [0, 0.05) is 25.2 Å². The number of rotatable bonds is 7. The van der Waals surface area contributed by atoms with Gasteiger partial charge in [-0.15, -0.1) is 0 Å². The molecule has 1 heterocycles. The van der Waals surface area contributed by atoms with Crippen LogP contribution >= 0.6 is 11.6 Å². The average Bonchev–Trinajstić information content (AvgIpc) is 3.52. The van der Waals surface area contributed by atoms with Gasteiger partial charge in [0.15, 0.2) is 11.0 Å². The topological polar surface area (TPSA) is 101 Å². The number of fused-ring (bicyclic) bond motifs is 1. The fraction of sp³-hybridized carbons (Fsp3) is 0.346. The summed E-state index contributed by atoms with van der Waals surface area (Å²) >= 11 is 6.50. The number of aliphatic imine (C=N–C) groups is 1. The molecular weight excluding hydrogens is 466 g/mol. The molecule has 4 rings (SSSR count). The number of benzene rings is 2. The van der Waals surface area contributed by atoms with Gasteiger partial charge in [0.25, 0.3) is 5.91 Å². The lowest BCUT2D eigenvalue weighted by Gasteiger charge is -2.29. The lowest BCUT2D eigenvalue weighted by Crippen LogP contribution is -2.40. The van der Waals surface area contributed by atoms with Gasteiger partial charge in [0.2, 0.25) is 0 Å². The zero-order valence-electron chi connectivity index (χ0n) is 19.7. The molecule has 1 saturated carbocycles. The summed E-state index contributed by atoms with van der Waals surface area (Å²) in [5, 5.41) is 9.16. The maximum Gasteiger partial charge on any atom is 0.307 e. The van der Waals surface area contributed by atoms with Crippen LogP contribution < -0.4 is 0 Å². The van der Waals surface area contributed by atoms with Crippen molar-refractivity contribution < 1.29 is 14.3 Å². The Bertz CT molecular complexity index is 1320. The van der Waals surface area contributed by atoms with Crippen molar-refractivity contribution in [3.63, 3.8) is 0 Å². The second-order valence-electron chi connectivity index (χ2n) is 8.52. The van der Waals surface area contributed by atoms with Gasteiger partial charge in [-0.3, -0.25) is 9.59 Å². The van der Waals surface area contributed by atoms with E-state index in [1.54, 1.807) is 41.3 Å². The van der Waals surface area contributed by atoms with Crippen LogP contribution in [0.25, 0.3) is 11.0 Å². The highest BCUT2D eigenvalue weighted by atomic mass is 35.5. The van der Waals surface area contributed by atoms with Crippen LogP contribution in [-0.2, 0) is 16.6 Å². The van der Waals surface area contributed by atoms with E-state index in [0.717, 1.165) is 31.2 Å². The maximum absolute atomic E-state index is 13.5. The summed E-state index contributed by atoms with van der Waals surface area (Å²) in [6.07, 6.45) is 4.18. The molecule has 1 aliphatic carbocycles. The van der Waals surface area contributed by atoms with Crippen molar-refractivity contribution in [1.29, 1.82) is 5.26 Å². The van der Waals surface area contributed by atoms with E-state index in [0.29, 0.717) is 34.7 Å². The van der Waals surface area contributed by atoms with Gasteiger partial charge in [-0.05, 0) is 55.3 Å². The quantitative estimate of drug-likeness (QED) is 0.352. The Morgan fingerprint density at radius 1 is 1.23 bits per heavy atom. The Hall–Kier alpha value is -3.70. The molecule has 1 fully saturated rings. The first-order valence-corrected chi connectivity index (χ1v) is 11.9. The zero-order valence-corrected chi connectivity index (χ0v) is 20.5. The van der Waals surface area contributed by atoms with Crippen molar-refractivity contribution in [2.45, 2.75) is 38.1 Å². The summed E-state index contributed by atoms with van der Waals surface area (Å²) in [5.74, 6) is 0.0167. The minimum absolute atomic E-state index is 0.118. The van der Waals surface area contributed by atoms with E-state index >= 15 is 0 Å². The van der Waals surface area contributed by atoms with Crippen molar-refractivity contribution in [2.24, 2.45) is 12.0 Å². The van der Waals surface area contributed by atoms with E-state index in [1.165, 1.54) is 7.11 Å². The van der Waals surface area contributed by atoms with Crippen LogP contribution in [0.3, 0.4) is 0 Å². The number of imidazole rings is 1. The number of hydrogen-bond acceptors (Lipinski definition) is 6. The van der Waals surface area contributed by atoms with Gasteiger partial charge in [-0.2, -0.15) is 5.26 Å².